The lowest BCUT2D eigenvalue weighted by Gasteiger charge is -2.23. The summed E-state index contributed by atoms with van der Waals surface area (Å²) in [5.41, 5.74) is 7.84. The molecule has 1 heterocycles. The van der Waals surface area contributed by atoms with E-state index in [9.17, 15) is 0 Å². The molecule has 1 atom stereocenters. The number of benzene rings is 1. The number of nitrogen functional groups attached to an aromatic ring is 1. The van der Waals surface area contributed by atoms with Gasteiger partial charge >= 0.3 is 0 Å². The molecule has 0 unspecified atom stereocenters. The maximum atomic E-state index is 5.68. The molecular weight excluding hydrogens is 200 g/mol. The Bertz CT molecular complexity index is 323. The van der Waals surface area contributed by atoms with E-state index in [1.54, 1.807) is 7.11 Å². The van der Waals surface area contributed by atoms with Crippen molar-refractivity contribution in [2.75, 3.05) is 26.0 Å². The Labute approximate surface area is 97.2 Å². The number of rotatable bonds is 4. The molecule has 16 heavy (non-hydrogen) atoms. The van der Waals surface area contributed by atoms with Crippen molar-refractivity contribution in [2.24, 2.45) is 0 Å². The third-order valence-electron chi connectivity index (χ3n) is 3.22. The highest BCUT2D eigenvalue weighted by molar-refractivity contribution is 5.39. The third kappa shape index (κ3) is 2.74. The first-order chi connectivity index (χ1) is 7.79. The molecule has 1 aromatic carbocycles. The summed E-state index contributed by atoms with van der Waals surface area (Å²) in [6.45, 7) is 3.03. The lowest BCUT2D eigenvalue weighted by atomic mass is 10.2. The Hall–Kier alpha value is -1.06. The van der Waals surface area contributed by atoms with Gasteiger partial charge in [-0.15, -0.1) is 0 Å². The maximum Gasteiger partial charge on any atom is 0.0618 e. The lowest BCUT2D eigenvalue weighted by molar-refractivity contribution is 0.112. The van der Waals surface area contributed by atoms with Crippen LogP contribution in [0.5, 0.6) is 0 Å². The van der Waals surface area contributed by atoms with Gasteiger partial charge < -0.3 is 10.5 Å². The summed E-state index contributed by atoms with van der Waals surface area (Å²) in [6.07, 6.45) is 2.53. The molecule has 0 bridgehead atoms. The van der Waals surface area contributed by atoms with Crippen LogP contribution >= 0.6 is 0 Å². The molecule has 88 valence electrons. The number of anilines is 1. The van der Waals surface area contributed by atoms with Crippen LogP contribution in [-0.2, 0) is 11.3 Å². The molecule has 0 radical (unpaired) electrons. The van der Waals surface area contributed by atoms with Gasteiger partial charge in [0.1, 0.15) is 0 Å². The van der Waals surface area contributed by atoms with E-state index in [0.29, 0.717) is 6.04 Å². The topological polar surface area (TPSA) is 38.5 Å². The summed E-state index contributed by atoms with van der Waals surface area (Å²) in [4.78, 5) is 2.50. The number of nitrogens with two attached hydrogens (primary N) is 1. The van der Waals surface area contributed by atoms with Gasteiger partial charge in [-0.3, -0.25) is 4.90 Å². The zero-order chi connectivity index (χ0) is 11.4. The van der Waals surface area contributed by atoms with E-state index in [0.717, 1.165) is 18.8 Å². The van der Waals surface area contributed by atoms with Crippen LogP contribution in [0.3, 0.4) is 0 Å². The minimum absolute atomic E-state index is 0.586. The molecule has 1 aromatic rings. The van der Waals surface area contributed by atoms with Gasteiger partial charge in [-0.25, -0.2) is 0 Å². The minimum Gasteiger partial charge on any atom is -0.399 e. The van der Waals surface area contributed by atoms with E-state index in [-0.39, 0.29) is 0 Å². The third-order valence-corrected chi connectivity index (χ3v) is 3.22. The van der Waals surface area contributed by atoms with Gasteiger partial charge in [0.05, 0.1) is 6.61 Å². The Morgan fingerprint density at radius 2 is 2.12 bits per heavy atom. The summed E-state index contributed by atoms with van der Waals surface area (Å²) in [5.74, 6) is 0. The molecule has 0 aliphatic carbocycles. The van der Waals surface area contributed by atoms with Crippen LogP contribution < -0.4 is 5.73 Å². The maximum absolute atomic E-state index is 5.68. The number of likely N-dealkylation sites (tertiary alicyclic amines) is 1. The summed E-state index contributed by atoms with van der Waals surface area (Å²) in [5, 5.41) is 0. The molecule has 0 saturated carbocycles. The normalized spacial score (nSPS) is 21.4. The van der Waals surface area contributed by atoms with E-state index in [1.165, 1.54) is 24.9 Å². The van der Waals surface area contributed by atoms with Gasteiger partial charge in [-0.05, 0) is 37.1 Å². The van der Waals surface area contributed by atoms with Gasteiger partial charge in [0, 0.05) is 25.4 Å². The van der Waals surface area contributed by atoms with Crippen LogP contribution in [0.15, 0.2) is 24.3 Å². The summed E-state index contributed by atoms with van der Waals surface area (Å²) in [6, 6.07) is 8.74. The van der Waals surface area contributed by atoms with E-state index in [4.69, 9.17) is 10.5 Å². The smallest absolute Gasteiger partial charge is 0.0618 e. The second-order valence-corrected chi connectivity index (χ2v) is 4.46. The minimum atomic E-state index is 0.586. The Kier molecular flexibility index (Phi) is 3.80. The van der Waals surface area contributed by atoms with Gasteiger partial charge in [-0.2, -0.15) is 0 Å². The predicted octanol–water partition coefficient (Wildman–Crippen LogP) is 1.88. The molecule has 0 aromatic heterocycles. The fourth-order valence-corrected chi connectivity index (χ4v) is 2.34. The Balaban J connectivity index is 1.95. The molecule has 3 nitrogen and oxygen atoms in total. The van der Waals surface area contributed by atoms with Crippen molar-refractivity contribution in [1.82, 2.24) is 4.90 Å². The van der Waals surface area contributed by atoms with E-state index in [1.807, 2.05) is 12.1 Å². The van der Waals surface area contributed by atoms with Crippen LogP contribution in [0.25, 0.3) is 0 Å². The lowest BCUT2D eigenvalue weighted by Crippen LogP contribution is -2.32. The quantitative estimate of drug-likeness (QED) is 0.787. The molecular formula is C13H20N2O. The summed E-state index contributed by atoms with van der Waals surface area (Å²) >= 11 is 0. The van der Waals surface area contributed by atoms with Crippen molar-refractivity contribution < 1.29 is 4.74 Å². The van der Waals surface area contributed by atoms with E-state index < -0.39 is 0 Å². The molecule has 1 fully saturated rings. The zero-order valence-corrected chi connectivity index (χ0v) is 9.86. The predicted molar refractivity (Wildman–Crippen MR) is 66.2 cm³/mol. The SMILES string of the molecule is COC[C@@H]1CCCN1Cc1ccc(N)cc1. The Morgan fingerprint density at radius 3 is 2.81 bits per heavy atom. The van der Waals surface area contributed by atoms with Crippen molar-refractivity contribution in [3.8, 4) is 0 Å². The standard InChI is InChI=1S/C13H20N2O/c1-16-10-13-3-2-8-15(13)9-11-4-6-12(14)7-5-11/h4-7,13H,2-3,8-10,14H2,1H3/t13-/m0/s1. The van der Waals surface area contributed by atoms with Crippen LogP contribution in [0.1, 0.15) is 18.4 Å². The number of ether oxygens (including phenoxy) is 1. The fraction of sp³-hybridized carbons (Fsp3) is 0.538. The van der Waals surface area contributed by atoms with Crippen LogP contribution in [0, 0.1) is 0 Å². The average molecular weight is 220 g/mol. The zero-order valence-electron chi connectivity index (χ0n) is 9.86. The van der Waals surface area contributed by atoms with E-state index >= 15 is 0 Å². The van der Waals surface area contributed by atoms with Crippen LogP contribution in [0.2, 0.25) is 0 Å². The second kappa shape index (κ2) is 5.32. The average Bonchev–Trinajstić information content (AvgIpc) is 2.70. The van der Waals surface area contributed by atoms with Gasteiger partial charge in [0.15, 0.2) is 0 Å². The van der Waals surface area contributed by atoms with Crippen molar-refractivity contribution in [2.45, 2.75) is 25.4 Å². The Morgan fingerprint density at radius 1 is 1.38 bits per heavy atom. The highest BCUT2D eigenvalue weighted by atomic mass is 16.5. The van der Waals surface area contributed by atoms with Crippen LogP contribution in [-0.4, -0.2) is 31.2 Å². The second-order valence-electron chi connectivity index (χ2n) is 4.46. The molecule has 2 rings (SSSR count). The van der Waals surface area contributed by atoms with Crippen molar-refractivity contribution in [3.63, 3.8) is 0 Å². The molecule has 2 N–H and O–H groups in total. The van der Waals surface area contributed by atoms with Crippen molar-refractivity contribution in [1.29, 1.82) is 0 Å². The molecule has 0 spiro atoms. The first-order valence-corrected chi connectivity index (χ1v) is 5.87. The largest absolute Gasteiger partial charge is 0.399 e. The molecule has 1 aliphatic rings. The van der Waals surface area contributed by atoms with Crippen molar-refractivity contribution in [3.05, 3.63) is 29.8 Å². The number of nitrogens with zero attached hydrogens (tertiary/aromatic N) is 1. The summed E-state index contributed by atoms with van der Waals surface area (Å²) in [7, 11) is 1.78. The first-order valence-electron chi connectivity index (χ1n) is 5.87. The van der Waals surface area contributed by atoms with Gasteiger partial charge in [-0.1, -0.05) is 12.1 Å². The highest BCUT2D eigenvalue weighted by Gasteiger charge is 2.23. The van der Waals surface area contributed by atoms with Crippen LogP contribution in [0.4, 0.5) is 5.69 Å². The van der Waals surface area contributed by atoms with Gasteiger partial charge in [0.2, 0.25) is 0 Å². The highest BCUT2D eigenvalue weighted by Crippen LogP contribution is 2.20. The molecule has 1 saturated heterocycles. The molecule has 0 amide bonds. The van der Waals surface area contributed by atoms with Crippen molar-refractivity contribution >= 4 is 5.69 Å². The molecule has 3 heteroatoms. The monoisotopic (exact) mass is 220 g/mol. The first kappa shape index (κ1) is 11.4. The number of methoxy groups -OCH3 is 1. The number of hydrogen-bond donors (Lipinski definition) is 1. The number of hydrogen-bond acceptors (Lipinski definition) is 3. The molecule has 1 aliphatic heterocycles. The van der Waals surface area contributed by atoms with Gasteiger partial charge in [0.25, 0.3) is 0 Å². The summed E-state index contributed by atoms with van der Waals surface area (Å²) < 4.78 is 5.25. The van der Waals surface area contributed by atoms with E-state index in [2.05, 4.69) is 17.0 Å². The fourth-order valence-electron chi connectivity index (χ4n) is 2.34.